The molecule has 0 aromatic carbocycles. The van der Waals surface area contributed by atoms with Crippen LogP contribution in [0.1, 0.15) is 91.7 Å². The number of aromatic amines is 1. The molecule has 140 valence electrons. The van der Waals surface area contributed by atoms with Gasteiger partial charge in [-0.15, -0.1) is 10.2 Å². The summed E-state index contributed by atoms with van der Waals surface area (Å²) in [5, 5.41) is 15.6. The molecule has 7 nitrogen and oxygen atoms in total. The molecule has 4 rings (SSSR count). The SMILES string of the molecule is Cc1nnc([C@H]2CCCN(C(=O)c3cc(C4CCCCC4)[nH]n3)[C@H]2C)o1. The summed E-state index contributed by atoms with van der Waals surface area (Å²) >= 11 is 0. The summed E-state index contributed by atoms with van der Waals surface area (Å²) in [4.78, 5) is 15.0. The Labute approximate surface area is 153 Å². The second kappa shape index (κ2) is 7.21. The molecule has 0 bridgehead atoms. The Kier molecular flexibility index (Phi) is 4.78. The van der Waals surface area contributed by atoms with E-state index in [4.69, 9.17) is 4.42 Å². The number of likely N-dealkylation sites (tertiary alicyclic amines) is 1. The van der Waals surface area contributed by atoms with Crippen LogP contribution in [-0.2, 0) is 0 Å². The average Bonchev–Trinajstić information content (AvgIpc) is 3.31. The van der Waals surface area contributed by atoms with E-state index in [9.17, 15) is 4.79 Å². The van der Waals surface area contributed by atoms with E-state index in [-0.39, 0.29) is 17.9 Å². The maximum atomic E-state index is 13.1. The van der Waals surface area contributed by atoms with Gasteiger partial charge in [0.05, 0.1) is 5.92 Å². The van der Waals surface area contributed by atoms with Gasteiger partial charge in [-0.05, 0) is 38.7 Å². The van der Waals surface area contributed by atoms with Gasteiger partial charge in [-0.25, -0.2) is 0 Å². The topological polar surface area (TPSA) is 87.9 Å². The Bertz CT molecular complexity index is 762. The molecule has 0 radical (unpaired) electrons. The van der Waals surface area contributed by atoms with E-state index in [0.717, 1.165) is 25.1 Å². The van der Waals surface area contributed by atoms with E-state index in [0.29, 0.717) is 23.4 Å². The third-order valence-corrected chi connectivity index (χ3v) is 5.97. The molecule has 2 atom stereocenters. The molecule has 0 unspecified atom stereocenters. The van der Waals surface area contributed by atoms with Crippen LogP contribution in [0.3, 0.4) is 0 Å². The number of amides is 1. The standard InChI is InChI=1S/C19H27N5O2/c1-12-15(18-23-20-13(2)26-18)9-6-10-24(12)19(25)17-11-16(21-22-17)14-7-4-3-5-8-14/h11-12,14-15H,3-10H2,1-2H3,(H,21,22)/t12-,15-/m0/s1. The van der Waals surface area contributed by atoms with Crippen molar-refractivity contribution in [3.05, 3.63) is 29.2 Å². The Morgan fingerprint density at radius 2 is 2.00 bits per heavy atom. The number of piperidine rings is 1. The molecule has 2 aliphatic rings. The maximum Gasteiger partial charge on any atom is 0.274 e. The lowest BCUT2D eigenvalue weighted by atomic mass is 9.87. The molecule has 26 heavy (non-hydrogen) atoms. The molecule has 2 aromatic rings. The van der Waals surface area contributed by atoms with E-state index in [1.807, 2.05) is 11.0 Å². The predicted molar refractivity (Wildman–Crippen MR) is 95.9 cm³/mol. The molecular formula is C19H27N5O2. The van der Waals surface area contributed by atoms with Crippen molar-refractivity contribution in [3.8, 4) is 0 Å². The van der Waals surface area contributed by atoms with Gasteiger partial charge in [-0.3, -0.25) is 9.89 Å². The average molecular weight is 357 g/mol. The number of nitrogens with zero attached hydrogens (tertiary/aromatic N) is 4. The predicted octanol–water partition coefficient (Wildman–Crippen LogP) is 3.56. The number of nitrogens with one attached hydrogen (secondary N) is 1. The fourth-order valence-electron chi connectivity index (χ4n) is 4.44. The van der Waals surface area contributed by atoms with Crippen LogP contribution < -0.4 is 0 Å². The van der Waals surface area contributed by atoms with Gasteiger partial charge in [0.25, 0.3) is 5.91 Å². The van der Waals surface area contributed by atoms with Crippen molar-refractivity contribution in [2.45, 2.75) is 76.7 Å². The highest BCUT2D eigenvalue weighted by Gasteiger charge is 2.36. The van der Waals surface area contributed by atoms with Gasteiger partial charge in [0.2, 0.25) is 11.8 Å². The zero-order chi connectivity index (χ0) is 18.1. The van der Waals surface area contributed by atoms with Crippen LogP contribution in [0, 0.1) is 6.92 Å². The van der Waals surface area contributed by atoms with Crippen LogP contribution in [0.4, 0.5) is 0 Å². The molecule has 1 aliphatic carbocycles. The van der Waals surface area contributed by atoms with Crippen LogP contribution in [0.25, 0.3) is 0 Å². The summed E-state index contributed by atoms with van der Waals surface area (Å²) in [5.74, 6) is 1.81. The molecule has 3 heterocycles. The third-order valence-electron chi connectivity index (χ3n) is 5.97. The first-order valence-corrected chi connectivity index (χ1v) is 9.79. The summed E-state index contributed by atoms with van der Waals surface area (Å²) in [5.41, 5.74) is 1.64. The maximum absolute atomic E-state index is 13.1. The highest BCUT2D eigenvalue weighted by Crippen LogP contribution is 2.34. The minimum atomic E-state index is -0.00301. The Hall–Kier alpha value is -2.18. The quantitative estimate of drug-likeness (QED) is 0.907. The first-order chi connectivity index (χ1) is 12.6. The highest BCUT2D eigenvalue weighted by molar-refractivity contribution is 5.92. The molecule has 2 aromatic heterocycles. The zero-order valence-electron chi connectivity index (χ0n) is 15.6. The fraction of sp³-hybridized carbons (Fsp3) is 0.684. The molecular weight excluding hydrogens is 330 g/mol. The van der Waals surface area contributed by atoms with Crippen LogP contribution in [-0.4, -0.2) is 43.8 Å². The van der Waals surface area contributed by atoms with Gasteiger partial charge in [-0.2, -0.15) is 5.10 Å². The zero-order valence-corrected chi connectivity index (χ0v) is 15.6. The smallest absolute Gasteiger partial charge is 0.274 e. The van der Waals surface area contributed by atoms with Gasteiger partial charge in [0, 0.05) is 31.1 Å². The van der Waals surface area contributed by atoms with Crippen LogP contribution >= 0.6 is 0 Å². The first kappa shape index (κ1) is 17.2. The number of hydrogen-bond acceptors (Lipinski definition) is 5. The van der Waals surface area contributed by atoms with E-state index in [2.05, 4.69) is 27.3 Å². The summed E-state index contributed by atoms with van der Waals surface area (Å²) in [6.07, 6.45) is 8.12. The van der Waals surface area contributed by atoms with E-state index in [1.165, 1.54) is 32.1 Å². The number of hydrogen-bond donors (Lipinski definition) is 1. The van der Waals surface area contributed by atoms with Gasteiger partial charge >= 0.3 is 0 Å². The van der Waals surface area contributed by atoms with Crippen molar-refractivity contribution in [3.63, 3.8) is 0 Å². The van der Waals surface area contributed by atoms with Crippen molar-refractivity contribution in [1.29, 1.82) is 0 Å². The Balaban J connectivity index is 1.49. The largest absolute Gasteiger partial charge is 0.425 e. The minimum Gasteiger partial charge on any atom is -0.425 e. The first-order valence-electron chi connectivity index (χ1n) is 9.79. The summed E-state index contributed by atoms with van der Waals surface area (Å²) in [6, 6.07) is 1.98. The summed E-state index contributed by atoms with van der Waals surface area (Å²) in [7, 11) is 0. The van der Waals surface area contributed by atoms with E-state index < -0.39 is 0 Å². The van der Waals surface area contributed by atoms with Gasteiger partial charge in [0.15, 0.2) is 0 Å². The molecule has 7 heteroatoms. The molecule has 1 saturated carbocycles. The Morgan fingerprint density at radius 3 is 2.73 bits per heavy atom. The molecule has 1 N–H and O–H groups in total. The molecule has 0 spiro atoms. The highest BCUT2D eigenvalue weighted by atomic mass is 16.4. The lowest BCUT2D eigenvalue weighted by molar-refractivity contribution is 0.0576. The second-order valence-electron chi connectivity index (χ2n) is 7.69. The van der Waals surface area contributed by atoms with Crippen molar-refractivity contribution in [1.82, 2.24) is 25.3 Å². The molecule has 2 fully saturated rings. The number of aryl methyl sites for hydroxylation is 1. The van der Waals surface area contributed by atoms with Gasteiger partial charge < -0.3 is 9.32 Å². The number of carbonyl (C=O) groups is 1. The van der Waals surface area contributed by atoms with Crippen LogP contribution in [0.2, 0.25) is 0 Å². The molecule has 1 aliphatic heterocycles. The monoisotopic (exact) mass is 357 g/mol. The van der Waals surface area contributed by atoms with Crippen molar-refractivity contribution < 1.29 is 9.21 Å². The number of aromatic nitrogens is 4. The van der Waals surface area contributed by atoms with Gasteiger partial charge in [0.1, 0.15) is 5.69 Å². The van der Waals surface area contributed by atoms with E-state index >= 15 is 0 Å². The third kappa shape index (κ3) is 3.27. The minimum absolute atomic E-state index is 0.00301. The number of H-pyrrole nitrogens is 1. The molecule has 1 saturated heterocycles. The fourth-order valence-corrected chi connectivity index (χ4v) is 4.44. The number of rotatable bonds is 3. The lowest BCUT2D eigenvalue weighted by Gasteiger charge is -2.37. The lowest BCUT2D eigenvalue weighted by Crippen LogP contribution is -2.46. The Morgan fingerprint density at radius 1 is 1.19 bits per heavy atom. The summed E-state index contributed by atoms with van der Waals surface area (Å²) in [6.45, 7) is 4.61. The molecule has 1 amide bonds. The number of carbonyl (C=O) groups excluding carboxylic acids is 1. The van der Waals surface area contributed by atoms with Crippen LogP contribution in [0.15, 0.2) is 10.5 Å². The van der Waals surface area contributed by atoms with E-state index in [1.54, 1.807) is 6.92 Å². The second-order valence-corrected chi connectivity index (χ2v) is 7.69. The normalized spacial score (nSPS) is 24.8. The van der Waals surface area contributed by atoms with Gasteiger partial charge in [-0.1, -0.05) is 19.3 Å². The van der Waals surface area contributed by atoms with Crippen molar-refractivity contribution in [2.24, 2.45) is 0 Å². The van der Waals surface area contributed by atoms with Crippen LogP contribution in [0.5, 0.6) is 0 Å². The van der Waals surface area contributed by atoms with Crippen molar-refractivity contribution in [2.75, 3.05) is 6.54 Å². The van der Waals surface area contributed by atoms with Crippen molar-refractivity contribution >= 4 is 5.91 Å². The summed E-state index contributed by atoms with van der Waals surface area (Å²) < 4.78 is 5.63.